The van der Waals surface area contributed by atoms with Gasteiger partial charge >= 0.3 is 6.09 Å². The van der Waals surface area contributed by atoms with Crippen LogP contribution in [0, 0.1) is 6.92 Å². The van der Waals surface area contributed by atoms with E-state index in [9.17, 15) is 4.79 Å². The van der Waals surface area contributed by atoms with E-state index in [-0.39, 0.29) is 11.0 Å². The predicted molar refractivity (Wildman–Crippen MR) is 125 cm³/mol. The normalized spacial score (nSPS) is 18.2. The monoisotopic (exact) mass is 435 g/mol. The van der Waals surface area contributed by atoms with Crippen LogP contribution < -0.4 is 10.8 Å². The highest BCUT2D eigenvalue weighted by Gasteiger charge is 2.39. The van der Waals surface area contributed by atoms with Crippen LogP contribution in [0.4, 0.5) is 4.79 Å². The van der Waals surface area contributed by atoms with Gasteiger partial charge in [0.25, 0.3) is 0 Å². The van der Waals surface area contributed by atoms with Gasteiger partial charge in [0, 0.05) is 19.6 Å². The van der Waals surface area contributed by atoms with Gasteiger partial charge in [0.2, 0.25) is 0 Å². The fourth-order valence-corrected chi connectivity index (χ4v) is 4.10. The summed E-state index contributed by atoms with van der Waals surface area (Å²) in [5.74, 6) is 0. The summed E-state index contributed by atoms with van der Waals surface area (Å²) in [5, 5.41) is 4.55. The van der Waals surface area contributed by atoms with E-state index in [2.05, 4.69) is 61.9 Å². The van der Waals surface area contributed by atoms with Crippen LogP contribution in [-0.4, -0.2) is 29.8 Å². The number of aryl methyl sites for hydroxylation is 1. The first-order chi connectivity index (χ1) is 15.2. The van der Waals surface area contributed by atoms with E-state index in [4.69, 9.17) is 9.68 Å². The average Bonchev–Trinajstić information content (AvgIpc) is 3.18. The van der Waals surface area contributed by atoms with Gasteiger partial charge in [0.05, 0.1) is 5.70 Å². The molecule has 2 aliphatic rings. The third-order valence-electron chi connectivity index (χ3n) is 6.30. The number of hydrogen-bond donors (Lipinski definition) is 2. The Morgan fingerprint density at radius 3 is 2.47 bits per heavy atom. The second-order valence-corrected chi connectivity index (χ2v) is 9.74. The second kappa shape index (κ2) is 8.96. The standard InChI is InChI=1S/C26H33N3O3/c1-19-7-5-6-8-21(19)18-27-24(30)31-29-15-13-26(14-16-29)17-23(28-32-26)20-9-11-22(12-10-20)25(2,3)4/h5-12,17,28H,13-16,18H2,1-4H3,(H,27,30). The molecule has 0 atom stereocenters. The number of piperidine rings is 1. The Kier molecular flexibility index (Phi) is 6.26. The van der Waals surface area contributed by atoms with E-state index >= 15 is 0 Å². The molecule has 0 aromatic heterocycles. The average molecular weight is 436 g/mol. The van der Waals surface area contributed by atoms with Gasteiger partial charge in [-0.2, -0.15) is 0 Å². The molecule has 6 nitrogen and oxygen atoms in total. The van der Waals surface area contributed by atoms with Crippen molar-refractivity contribution in [2.75, 3.05) is 13.1 Å². The number of carbonyl (C=O) groups excluding carboxylic acids is 1. The quantitative estimate of drug-likeness (QED) is 0.719. The molecule has 2 aromatic rings. The largest absolute Gasteiger partial charge is 0.426 e. The van der Waals surface area contributed by atoms with Crippen molar-refractivity contribution in [1.29, 1.82) is 0 Å². The van der Waals surface area contributed by atoms with E-state index in [1.807, 2.05) is 31.2 Å². The lowest BCUT2D eigenvalue weighted by atomic mass is 9.86. The predicted octanol–water partition coefficient (Wildman–Crippen LogP) is 4.84. The van der Waals surface area contributed by atoms with Crippen molar-refractivity contribution in [3.63, 3.8) is 0 Å². The first kappa shape index (κ1) is 22.4. The highest BCUT2D eigenvalue weighted by Crippen LogP contribution is 2.35. The third kappa shape index (κ3) is 5.14. The molecule has 0 bridgehead atoms. The smallest absolute Gasteiger partial charge is 0.351 e. The summed E-state index contributed by atoms with van der Waals surface area (Å²) < 4.78 is 0. The summed E-state index contributed by atoms with van der Waals surface area (Å²) in [6.07, 6.45) is 3.24. The molecular weight excluding hydrogens is 402 g/mol. The topological polar surface area (TPSA) is 62.8 Å². The molecule has 32 heavy (non-hydrogen) atoms. The number of nitrogens with one attached hydrogen (secondary N) is 2. The molecule has 2 aromatic carbocycles. The van der Waals surface area contributed by atoms with Crippen molar-refractivity contribution in [3.8, 4) is 0 Å². The van der Waals surface area contributed by atoms with Crippen LogP contribution in [0.3, 0.4) is 0 Å². The molecule has 1 fully saturated rings. The van der Waals surface area contributed by atoms with Crippen molar-refractivity contribution >= 4 is 11.8 Å². The number of rotatable bonds is 4. The Hall–Kier alpha value is -2.83. The lowest BCUT2D eigenvalue weighted by Gasteiger charge is -2.35. The van der Waals surface area contributed by atoms with Crippen LogP contribution in [0.1, 0.15) is 55.9 Å². The van der Waals surface area contributed by atoms with Crippen molar-refractivity contribution in [3.05, 3.63) is 76.9 Å². The van der Waals surface area contributed by atoms with Gasteiger partial charge in [-0.15, -0.1) is 5.06 Å². The van der Waals surface area contributed by atoms with E-state index in [0.717, 1.165) is 35.2 Å². The van der Waals surface area contributed by atoms with Crippen LogP contribution >= 0.6 is 0 Å². The van der Waals surface area contributed by atoms with Gasteiger partial charge in [0.15, 0.2) is 0 Å². The van der Waals surface area contributed by atoms with Crippen molar-refractivity contribution in [2.24, 2.45) is 0 Å². The molecule has 1 spiro atoms. The molecule has 0 unspecified atom stereocenters. The molecule has 1 saturated heterocycles. The highest BCUT2D eigenvalue weighted by atomic mass is 16.7. The Labute approximate surface area is 190 Å². The van der Waals surface area contributed by atoms with Gasteiger partial charge in [-0.25, -0.2) is 4.79 Å². The van der Waals surface area contributed by atoms with Gasteiger partial charge in [-0.05, 0) is 53.5 Å². The molecule has 2 N–H and O–H groups in total. The molecular formula is C26H33N3O3. The first-order valence-corrected chi connectivity index (χ1v) is 11.3. The maximum atomic E-state index is 12.2. The molecule has 2 aliphatic heterocycles. The zero-order valence-electron chi connectivity index (χ0n) is 19.4. The van der Waals surface area contributed by atoms with Gasteiger partial charge in [-0.1, -0.05) is 69.3 Å². The number of hydrogen-bond acceptors (Lipinski definition) is 5. The fourth-order valence-electron chi connectivity index (χ4n) is 4.10. The molecule has 0 saturated carbocycles. The lowest BCUT2D eigenvalue weighted by molar-refractivity contribution is -0.156. The lowest BCUT2D eigenvalue weighted by Crippen LogP contribution is -2.46. The van der Waals surface area contributed by atoms with Crippen LogP contribution in [0.5, 0.6) is 0 Å². The van der Waals surface area contributed by atoms with Crippen molar-refractivity contribution in [1.82, 2.24) is 15.9 Å². The number of nitrogens with zero attached hydrogens (tertiary/aromatic N) is 1. The van der Waals surface area contributed by atoms with Crippen LogP contribution in [0.2, 0.25) is 0 Å². The Balaban J connectivity index is 1.29. The fraction of sp³-hybridized carbons (Fsp3) is 0.423. The Bertz CT molecular complexity index is 984. The van der Waals surface area contributed by atoms with E-state index in [1.54, 1.807) is 5.06 Å². The molecule has 0 aliphatic carbocycles. The minimum Gasteiger partial charge on any atom is -0.351 e. The zero-order chi connectivity index (χ0) is 22.8. The summed E-state index contributed by atoms with van der Waals surface area (Å²) in [6.45, 7) is 10.4. The Morgan fingerprint density at radius 2 is 1.81 bits per heavy atom. The molecule has 6 heteroatoms. The Morgan fingerprint density at radius 1 is 1.12 bits per heavy atom. The second-order valence-electron chi connectivity index (χ2n) is 9.74. The zero-order valence-corrected chi connectivity index (χ0v) is 19.4. The summed E-state index contributed by atoms with van der Waals surface area (Å²) in [6, 6.07) is 16.6. The van der Waals surface area contributed by atoms with Crippen LogP contribution in [-0.2, 0) is 21.6 Å². The molecule has 0 radical (unpaired) electrons. The van der Waals surface area contributed by atoms with Crippen molar-refractivity contribution in [2.45, 2.75) is 58.1 Å². The van der Waals surface area contributed by atoms with Crippen LogP contribution in [0.25, 0.3) is 5.70 Å². The number of amides is 1. The maximum absolute atomic E-state index is 12.2. The van der Waals surface area contributed by atoms with Crippen LogP contribution in [0.15, 0.2) is 54.6 Å². The summed E-state index contributed by atoms with van der Waals surface area (Å²) in [4.78, 5) is 23.7. The van der Waals surface area contributed by atoms with E-state index < -0.39 is 6.09 Å². The first-order valence-electron chi connectivity index (χ1n) is 11.3. The van der Waals surface area contributed by atoms with E-state index in [1.165, 1.54) is 5.56 Å². The molecule has 4 rings (SSSR count). The van der Waals surface area contributed by atoms with Gasteiger partial charge < -0.3 is 10.2 Å². The molecule has 1 amide bonds. The summed E-state index contributed by atoms with van der Waals surface area (Å²) in [7, 11) is 0. The summed E-state index contributed by atoms with van der Waals surface area (Å²) >= 11 is 0. The maximum Gasteiger partial charge on any atom is 0.426 e. The number of hydroxylamine groups is 3. The third-order valence-corrected chi connectivity index (χ3v) is 6.30. The minimum atomic E-state index is -0.426. The SMILES string of the molecule is Cc1ccccc1CNC(=O)ON1CCC2(C=C(c3ccc(C(C)(C)C)cc3)NO2)CC1. The molecule has 2 heterocycles. The number of carbonyl (C=O) groups is 1. The molecule has 170 valence electrons. The van der Waals surface area contributed by atoms with Gasteiger partial charge in [-0.3, -0.25) is 10.3 Å². The summed E-state index contributed by atoms with van der Waals surface area (Å²) in [5.41, 5.74) is 8.53. The minimum absolute atomic E-state index is 0.132. The van der Waals surface area contributed by atoms with Gasteiger partial charge in [0.1, 0.15) is 5.60 Å². The van der Waals surface area contributed by atoms with E-state index in [0.29, 0.717) is 19.6 Å². The number of benzene rings is 2. The van der Waals surface area contributed by atoms with Crippen molar-refractivity contribution < 1.29 is 14.5 Å². The highest BCUT2D eigenvalue weighted by molar-refractivity contribution is 5.67.